The fourth-order valence-electron chi connectivity index (χ4n) is 2.23. The molecule has 0 bridgehead atoms. The molecule has 0 saturated carbocycles. The monoisotopic (exact) mass is 254 g/mol. The Bertz CT molecular complexity index is 733. The molecule has 3 aromatic rings. The highest BCUT2D eigenvalue weighted by atomic mass is 15.4. The van der Waals surface area contributed by atoms with Crippen LogP contribution in [-0.2, 0) is 13.6 Å². The number of amidine groups is 1. The van der Waals surface area contributed by atoms with Crippen LogP contribution in [-0.4, -0.2) is 15.0 Å². The van der Waals surface area contributed by atoms with Crippen molar-refractivity contribution < 1.29 is 4.57 Å². The number of fused-ring (bicyclic) bond motifs is 1. The maximum absolute atomic E-state index is 7.38. The lowest BCUT2D eigenvalue weighted by molar-refractivity contribution is -0.661. The minimum absolute atomic E-state index is 0.105. The lowest BCUT2D eigenvalue weighted by Gasteiger charge is -2.01. The zero-order valence-electron chi connectivity index (χ0n) is 10.7. The molecule has 0 spiro atoms. The highest BCUT2D eigenvalue weighted by Crippen LogP contribution is 2.05. The fourth-order valence-corrected chi connectivity index (χ4v) is 2.23. The van der Waals surface area contributed by atoms with Crippen LogP contribution in [0.2, 0.25) is 0 Å². The molecule has 0 saturated heterocycles. The summed E-state index contributed by atoms with van der Waals surface area (Å²) >= 11 is 0. The van der Waals surface area contributed by atoms with E-state index >= 15 is 0 Å². The number of nitrogens with two attached hydrogens (primary N) is 1. The number of benzene rings is 1. The molecule has 5 heteroatoms. The molecule has 0 fully saturated rings. The third-order valence-corrected chi connectivity index (χ3v) is 3.31. The molecule has 0 aliphatic carbocycles. The summed E-state index contributed by atoms with van der Waals surface area (Å²) in [4.78, 5) is 0. The molecule has 2 heterocycles. The predicted octanol–water partition coefficient (Wildman–Crippen LogP) is 0.898. The summed E-state index contributed by atoms with van der Waals surface area (Å²) in [6, 6.07) is 9.88. The molecular weight excluding hydrogens is 238 g/mol. The van der Waals surface area contributed by atoms with E-state index < -0.39 is 0 Å². The molecule has 1 aromatic carbocycles. The molecule has 0 atom stereocenters. The highest BCUT2D eigenvalue weighted by Gasteiger charge is 2.12. The smallest absolute Gasteiger partial charge is 0.307 e. The van der Waals surface area contributed by atoms with Gasteiger partial charge in [-0.05, 0) is 5.56 Å². The standard InChI is InChI=1S/C14H16N5/c1-17-7-6-13-18(8-9-19(13)17)10-11-2-4-12(5-3-11)14(15)16/h2-9H,10H2,1H3,(H3,15,16)/q+1. The van der Waals surface area contributed by atoms with Crippen molar-refractivity contribution in [2.24, 2.45) is 12.8 Å². The summed E-state index contributed by atoms with van der Waals surface area (Å²) in [5.74, 6) is 0.105. The van der Waals surface area contributed by atoms with Crippen LogP contribution in [0.3, 0.4) is 0 Å². The van der Waals surface area contributed by atoms with Crippen LogP contribution < -0.4 is 10.3 Å². The zero-order valence-corrected chi connectivity index (χ0v) is 10.7. The van der Waals surface area contributed by atoms with Gasteiger partial charge in [-0.3, -0.25) is 5.41 Å². The molecule has 3 N–H and O–H groups in total. The Morgan fingerprint density at radius 2 is 1.95 bits per heavy atom. The van der Waals surface area contributed by atoms with Crippen molar-refractivity contribution >= 4 is 11.5 Å². The number of hydrogen-bond acceptors (Lipinski definition) is 1. The molecule has 0 aliphatic rings. The van der Waals surface area contributed by atoms with Crippen LogP contribution in [0, 0.1) is 5.41 Å². The lowest BCUT2D eigenvalue weighted by atomic mass is 10.1. The van der Waals surface area contributed by atoms with Crippen molar-refractivity contribution in [1.29, 1.82) is 5.41 Å². The highest BCUT2D eigenvalue weighted by molar-refractivity contribution is 5.94. The first-order valence-corrected chi connectivity index (χ1v) is 6.10. The Kier molecular flexibility index (Phi) is 2.59. The molecule has 19 heavy (non-hydrogen) atoms. The van der Waals surface area contributed by atoms with E-state index in [2.05, 4.69) is 21.3 Å². The van der Waals surface area contributed by atoms with Gasteiger partial charge in [0.25, 0.3) is 0 Å². The average molecular weight is 254 g/mol. The lowest BCUT2D eigenvalue weighted by Crippen LogP contribution is -2.32. The fraction of sp³-hybridized carbons (Fsp3) is 0.143. The summed E-state index contributed by atoms with van der Waals surface area (Å²) in [6.45, 7) is 0.804. The summed E-state index contributed by atoms with van der Waals surface area (Å²) in [5.41, 5.74) is 8.55. The first kappa shape index (κ1) is 11.5. The van der Waals surface area contributed by atoms with Gasteiger partial charge in [-0.1, -0.05) is 24.3 Å². The van der Waals surface area contributed by atoms with Gasteiger partial charge in [0.05, 0.1) is 0 Å². The van der Waals surface area contributed by atoms with Crippen molar-refractivity contribution in [3.63, 3.8) is 0 Å². The third-order valence-electron chi connectivity index (χ3n) is 3.31. The van der Waals surface area contributed by atoms with Gasteiger partial charge in [-0.25, -0.2) is 9.25 Å². The zero-order chi connectivity index (χ0) is 13.4. The van der Waals surface area contributed by atoms with Crippen LogP contribution in [0.15, 0.2) is 48.9 Å². The predicted molar refractivity (Wildman–Crippen MR) is 73.1 cm³/mol. The molecule has 0 radical (unpaired) electrons. The number of hydrogen-bond donors (Lipinski definition) is 2. The van der Waals surface area contributed by atoms with Gasteiger partial charge in [0.15, 0.2) is 6.20 Å². The number of imidazole rings is 1. The Morgan fingerprint density at radius 1 is 1.21 bits per heavy atom. The van der Waals surface area contributed by atoms with Crippen LogP contribution in [0.5, 0.6) is 0 Å². The minimum Gasteiger partial charge on any atom is -0.384 e. The second-order valence-electron chi connectivity index (χ2n) is 4.63. The molecule has 2 aromatic heterocycles. The Balaban J connectivity index is 1.90. The van der Waals surface area contributed by atoms with Crippen molar-refractivity contribution in [2.75, 3.05) is 0 Å². The second-order valence-corrected chi connectivity index (χ2v) is 4.63. The molecular formula is C14H16N5+. The topological polar surface area (TPSA) is 63.1 Å². The average Bonchev–Trinajstić information content (AvgIpc) is 2.95. The Labute approximate surface area is 111 Å². The van der Waals surface area contributed by atoms with E-state index in [1.54, 1.807) is 0 Å². The number of nitrogens with one attached hydrogen (secondary N) is 1. The van der Waals surface area contributed by atoms with E-state index in [1.165, 1.54) is 5.56 Å². The van der Waals surface area contributed by atoms with Gasteiger partial charge in [0.2, 0.25) is 0 Å². The van der Waals surface area contributed by atoms with Crippen LogP contribution in [0.4, 0.5) is 0 Å². The van der Waals surface area contributed by atoms with E-state index in [4.69, 9.17) is 11.1 Å². The van der Waals surface area contributed by atoms with Crippen molar-refractivity contribution in [3.8, 4) is 0 Å². The quantitative estimate of drug-likeness (QED) is 0.407. The molecule has 0 amide bonds. The normalized spacial score (nSPS) is 11.0. The van der Waals surface area contributed by atoms with Gasteiger partial charge in [0, 0.05) is 24.9 Å². The van der Waals surface area contributed by atoms with Gasteiger partial charge in [-0.2, -0.15) is 0 Å². The molecule has 0 unspecified atom stereocenters. The van der Waals surface area contributed by atoms with E-state index in [1.807, 2.05) is 48.4 Å². The molecule has 96 valence electrons. The first-order chi connectivity index (χ1) is 9.15. The summed E-state index contributed by atoms with van der Waals surface area (Å²) in [6.07, 6.45) is 6.14. The Hall–Kier alpha value is -2.56. The minimum atomic E-state index is 0.105. The number of nitrogen functional groups attached to an aromatic ring is 1. The van der Waals surface area contributed by atoms with E-state index in [0.717, 1.165) is 17.8 Å². The third kappa shape index (κ3) is 1.99. The SMILES string of the molecule is Cn1ccc2n1cc[n+]2Cc1ccc(C(=N)N)cc1. The molecule has 0 aliphatic heterocycles. The maximum atomic E-state index is 7.38. The molecule has 3 rings (SSSR count). The molecule has 5 nitrogen and oxygen atoms in total. The van der Waals surface area contributed by atoms with Crippen LogP contribution >= 0.6 is 0 Å². The van der Waals surface area contributed by atoms with Crippen LogP contribution in [0.25, 0.3) is 5.65 Å². The summed E-state index contributed by atoms with van der Waals surface area (Å²) in [5, 5.41) is 7.38. The second kappa shape index (κ2) is 4.28. The van der Waals surface area contributed by atoms with Crippen molar-refractivity contribution in [3.05, 3.63) is 60.0 Å². The first-order valence-electron chi connectivity index (χ1n) is 6.10. The summed E-state index contributed by atoms with van der Waals surface area (Å²) in [7, 11) is 2.01. The number of aromatic nitrogens is 3. The van der Waals surface area contributed by atoms with Crippen LogP contribution in [0.1, 0.15) is 11.1 Å². The van der Waals surface area contributed by atoms with E-state index in [9.17, 15) is 0 Å². The van der Waals surface area contributed by atoms with Gasteiger partial charge >= 0.3 is 5.65 Å². The number of aryl methyl sites for hydroxylation is 1. The number of rotatable bonds is 3. The van der Waals surface area contributed by atoms with E-state index in [-0.39, 0.29) is 5.84 Å². The maximum Gasteiger partial charge on any atom is 0.307 e. The van der Waals surface area contributed by atoms with Gasteiger partial charge in [-0.15, -0.1) is 4.52 Å². The summed E-state index contributed by atoms with van der Waals surface area (Å²) < 4.78 is 6.30. The number of nitrogens with zero attached hydrogens (tertiary/aromatic N) is 3. The van der Waals surface area contributed by atoms with Crippen molar-refractivity contribution in [1.82, 2.24) is 9.20 Å². The Morgan fingerprint density at radius 3 is 2.63 bits per heavy atom. The van der Waals surface area contributed by atoms with Crippen molar-refractivity contribution in [2.45, 2.75) is 6.54 Å². The van der Waals surface area contributed by atoms with E-state index in [0.29, 0.717) is 0 Å². The van der Waals surface area contributed by atoms with Gasteiger partial charge < -0.3 is 5.73 Å². The largest absolute Gasteiger partial charge is 0.384 e. The van der Waals surface area contributed by atoms with Gasteiger partial charge in [0.1, 0.15) is 18.6 Å².